The van der Waals surface area contributed by atoms with Gasteiger partial charge < -0.3 is 0 Å². The number of benzene rings is 1. The van der Waals surface area contributed by atoms with Crippen molar-refractivity contribution in [2.45, 2.75) is 49.3 Å². The third-order valence-corrected chi connectivity index (χ3v) is 5.17. The number of nitriles is 1. The predicted molar refractivity (Wildman–Crippen MR) is 90.8 cm³/mol. The molecule has 0 amide bonds. The molecule has 3 rings (SSSR count). The van der Waals surface area contributed by atoms with E-state index in [9.17, 15) is 5.26 Å². The van der Waals surface area contributed by atoms with E-state index in [1.165, 1.54) is 42.5 Å². The van der Waals surface area contributed by atoms with Gasteiger partial charge in [0.2, 0.25) is 0 Å². The minimum absolute atomic E-state index is 0.736. The normalized spacial score (nSPS) is 14.5. The Balaban J connectivity index is 1.83. The first kappa shape index (κ1) is 15.1. The zero-order valence-electron chi connectivity index (χ0n) is 12.7. The SMILES string of the molecule is N#Cc1cc2c(nc1SCc1ccccc1)CCCCCC2. The van der Waals surface area contributed by atoms with Gasteiger partial charge in [-0.05, 0) is 42.9 Å². The molecule has 0 fully saturated rings. The Morgan fingerprint density at radius 3 is 2.59 bits per heavy atom. The van der Waals surface area contributed by atoms with Gasteiger partial charge in [0.1, 0.15) is 11.1 Å². The van der Waals surface area contributed by atoms with Crippen LogP contribution < -0.4 is 0 Å². The van der Waals surface area contributed by atoms with E-state index < -0.39 is 0 Å². The van der Waals surface area contributed by atoms with Crippen molar-refractivity contribution in [3.05, 3.63) is 58.8 Å². The van der Waals surface area contributed by atoms with E-state index >= 15 is 0 Å². The molecule has 22 heavy (non-hydrogen) atoms. The minimum atomic E-state index is 0.736. The number of hydrogen-bond acceptors (Lipinski definition) is 3. The second kappa shape index (κ2) is 7.47. The maximum atomic E-state index is 9.44. The Morgan fingerprint density at radius 2 is 1.82 bits per heavy atom. The predicted octanol–water partition coefficient (Wildman–Crippen LogP) is 4.90. The lowest BCUT2D eigenvalue weighted by Gasteiger charge is -2.15. The molecule has 2 nitrogen and oxygen atoms in total. The zero-order valence-corrected chi connectivity index (χ0v) is 13.5. The summed E-state index contributed by atoms with van der Waals surface area (Å²) in [5.74, 6) is 0.862. The van der Waals surface area contributed by atoms with Crippen LogP contribution in [-0.4, -0.2) is 4.98 Å². The molecule has 1 heterocycles. The Bertz CT molecular complexity index is 674. The van der Waals surface area contributed by atoms with Crippen LogP contribution in [0.4, 0.5) is 0 Å². The lowest BCUT2D eigenvalue weighted by Crippen LogP contribution is -2.05. The van der Waals surface area contributed by atoms with E-state index in [2.05, 4.69) is 36.4 Å². The van der Waals surface area contributed by atoms with Gasteiger partial charge in [-0.2, -0.15) is 5.26 Å². The van der Waals surface area contributed by atoms with E-state index in [1.807, 2.05) is 6.07 Å². The third-order valence-electron chi connectivity index (χ3n) is 4.10. The minimum Gasteiger partial charge on any atom is -0.245 e. The molecule has 0 aliphatic heterocycles. The van der Waals surface area contributed by atoms with Gasteiger partial charge in [0.05, 0.1) is 5.56 Å². The van der Waals surface area contributed by atoms with Gasteiger partial charge in [0, 0.05) is 11.4 Å². The highest BCUT2D eigenvalue weighted by Gasteiger charge is 2.14. The summed E-state index contributed by atoms with van der Waals surface area (Å²) in [6.07, 6.45) is 7.16. The molecule has 1 aliphatic carbocycles. The molecule has 1 aromatic carbocycles. The second-order valence-corrected chi connectivity index (χ2v) is 6.71. The molecule has 0 N–H and O–H groups in total. The van der Waals surface area contributed by atoms with Crippen molar-refractivity contribution >= 4 is 11.8 Å². The lowest BCUT2D eigenvalue weighted by atomic mass is 9.96. The molecule has 0 saturated carbocycles. The van der Waals surface area contributed by atoms with E-state index in [0.29, 0.717) is 0 Å². The molecule has 0 atom stereocenters. The van der Waals surface area contributed by atoms with Gasteiger partial charge in [0.25, 0.3) is 0 Å². The summed E-state index contributed by atoms with van der Waals surface area (Å²) in [6.45, 7) is 0. The number of fused-ring (bicyclic) bond motifs is 1. The van der Waals surface area contributed by atoms with Gasteiger partial charge in [-0.25, -0.2) is 4.98 Å². The number of pyridine rings is 1. The van der Waals surface area contributed by atoms with Crippen LogP contribution in [0.1, 0.15) is 48.1 Å². The van der Waals surface area contributed by atoms with Crippen molar-refractivity contribution in [3.63, 3.8) is 0 Å². The smallest absolute Gasteiger partial charge is 0.114 e. The Morgan fingerprint density at radius 1 is 1.05 bits per heavy atom. The van der Waals surface area contributed by atoms with Crippen molar-refractivity contribution in [1.82, 2.24) is 4.98 Å². The fourth-order valence-electron chi connectivity index (χ4n) is 2.88. The largest absolute Gasteiger partial charge is 0.245 e. The van der Waals surface area contributed by atoms with Gasteiger partial charge in [0.15, 0.2) is 0 Å². The number of nitrogens with zero attached hydrogens (tertiary/aromatic N) is 2. The first-order valence-electron chi connectivity index (χ1n) is 7.96. The number of hydrogen-bond donors (Lipinski definition) is 0. The van der Waals surface area contributed by atoms with Gasteiger partial charge in [-0.1, -0.05) is 43.2 Å². The van der Waals surface area contributed by atoms with Gasteiger partial charge in [-0.15, -0.1) is 11.8 Å². The van der Waals surface area contributed by atoms with E-state index in [4.69, 9.17) is 4.98 Å². The molecule has 112 valence electrons. The zero-order chi connectivity index (χ0) is 15.2. The van der Waals surface area contributed by atoms with Crippen molar-refractivity contribution in [2.75, 3.05) is 0 Å². The second-order valence-electron chi connectivity index (χ2n) is 5.75. The standard InChI is InChI=1S/C19H20N2S/c20-13-17-12-16-10-6-1-2-7-11-18(16)21-19(17)22-14-15-8-4-3-5-9-15/h3-5,8-9,12H,1-2,6-7,10-11,14H2. The van der Waals surface area contributed by atoms with Gasteiger partial charge >= 0.3 is 0 Å². The molecule has 3 heteroatoms. The number of thioether (sulfide) groups is 1. The fourth-order valence-corrected chi connectivity index (χ4v) is 3.81. The number of aryl methyl sites for hydroxylation is 2. The molecule has 1 aliphatic rings. The highest BCUT2D eigenvalue weighted by atomic mass is 32.2. The van der Waals surface area contributed by atoms with Crippen LogP contribution in [0.5, 0.6) is 0 Å². The topological polar surface area (TPSA) is 36.7 Å². The van der Waals surface area contributed by atoms with Crippen molar-refractivity contribution < 1.29 is 0 Å². The molecule has 0 unspecified atom stereocenters. The summed E-state index contributed by atoms with van der Waals surface area (Å²) in [5, 5.41) is 10.3. The molecule has 0 bridgehead atoms. The van der Waals surface area contributed by atoms with Crippen LogP contribution in [0.15, 0.2) is 41.4 Å². The van der Waals surface area contributed by atoms with Crippen LogP contribution in [0.3, 0.4) is 0 Å². The highest BCUT2D eigenvalue weighted by molar-refractivity contribution is 7.98. The first-order valence-corrected chi connectivity index (χ1v) is 8.95. The maximum Gasteiger partial charge on any atom is 0.114 e. The molecule has 0 saturated heterocycles. The van der Waals surface area contributed by atoms with Crippen LogP contribution in [0.25, 0.3) is 0 Å². The van der Waals surface area contributed by atoms with Crippen LogP contribution >= 0.6 is 11.8 Å². The van der Waals surface area contributed by atoms with Crippen molar-refractivity contribution in [1.29, 1.82) is 5.26 Å². The molecular formula is C19H20N2S. The molecule has 1 aromatic heterocycles. The van der Waals surface area contributed by atoms with E-state index in [1.54, 1.807) is 11.8 Å². The Labute approximate surface area is 136 Å². The summed E-state index contributed by atoms with van der Waals surface area (Å²) in [4.78, 5) is 4.84. The maximum absolute atomic E-state index is 9.44. The highest BCUT2D eigenvalue weighted by Crippen LogP contribution is 2.28. The summed E-state index contributed by atoms with van der Waals surface area (Å²) in [7, 11) is 0. The fraction of sp³-hybridized carbons (Fsp3) is 0.368. The molecular weight excluding hydrogens is 288 g/mol. The van der Waals surface area contributed by atoms with Crippen molar-refractivity contribution in [3.8, 4) is 6.07 Å². The monoisotopic (exact) mass is 308 g/mol. The summed E-state index contributed by atoms with van der Waals surface area (Å²) >= 11 is 1.68. The molecule has 0 spiro atoms. The number of rotatable bonds is 3. The van der Waals surface area contributed by atoms with E-state index in [-0.39, 0.29) is 0 Å². The summed E-state index contributed by atoms with van der Waals surface area (Å²) < 4.78 is 0. The van der Waals surface area contributed by atoms with Crippen molar-refractivity contribution in [2.24, 2.45) is 0 Å². The van der Waals surface area contributed by atoms with Crippen LogP contribution in [-0.2, 0) is 18.6 Å². The average Bonchev–Trinajstić information content (AvgIpc) is 2.54. The van der Waals surface area contributed by atoms with Crippen LogP contribution in [0, 0.1) is 11.3 Å². The average molecular weight is 308 g/mol. The lowest BCUT2D eigenvalue weighted by molar-refractivity contribution is 0.605. The first-order chi connectivity index (χ1) is 10.9. The third kappa shape index (κ3) is 3.69. The Hall–Kier alpha value is -1.79. The summed E-state index contributed by atoms with van der Waals surface area (Å²) in [6, 6.07) is 14.8. The Kier molecular flexibility index (Phi) is 5.13. The summed E-state index contributed by atoms with van der Waals surface area (Å²) in [5.41, 5.74) is 4.51. The quantitative estimate of drug-likeness (QED) is 0.756. The number of aromatic nitrogens is 1. The van der Waals surface area contributed by atoms with Gasteiger partial charge in [-0.3, -0.25) is 0 Å². The van der Waals surface area contributed by atoms with E-state index in [0.717, 1.165) is 29.2 Å². The van der Waals surface area contributed by atoms with Crippen LogP contribution in [0.2, 0.25) is 0 Å². The molecule has 2 aromatic rings. The molecule has 0 radical (unpaired) electrons.